The van der Waals surface area contributed by atoms with Crippen molar-refractivity contribution < 1.29 is 24.2 Å². The summed E-state index contributed by atoms with van der Waals surface area (Å²) >= 11 is 0. The Balaban J connectivity index is 2.66. The Labute approximate surface area is 124 Å². The highest BCUT2D eigenvalue weighted by Crippen LogP contribution is 2.22. The zero-order chi connectivity index (χ0) is 15.8. The molecule has 1 aromatic carbocycles. The van der Waals surface area contributed by atoms with Crippen LogP contribution in [-0.2, 0) is 14.3 Å². The van der Waals surface area contributed by atoms with Gasteiger partial charge in [0.15, 0.2) is 6.61 Å². The molecule has 21 heavy (non-hydrogen) atoms. The molecule has 0 aromatic heterocycles. The normalized spacial score (nSPS) is 10.2. The Morgan fingerprint density at radius 1 is 1.24 bits per heavy atom. The van der Waals surface area contributed by atoms with Crippen molar-refractivity contribution >= 4 is 11.9 Å². The smallest absolute Gasteiger partial charge is 0.323 e. The molecule has 0 aliphatic carbocycles. The van der Waals surface area contributed by atoms with Crippen molar-refractivity contribution in [2.24, 2.45) is 0 Å². The van der Waals surface area contributed by atoms with Gasteiger partial charge < -0.3 is 19.5 Å². The van der Waals surface area contributed by atoms with Gasteiger partial charge in [0, 0.05) is 13.7 Å². The van der Waals surface area contributed by atoms with Gasteiger partial charge in [-0.1, -0.05) is 18.2 Å². The minimum atomic E-state index is -1.06. The average molecular weight is 295 g/mol. The third-order valence-electron chi connectivity index (χ3n) is 2.99. The fraction of sp³-hybridized carbons (Fsp3) is 0.467. The van der Waals surface area contributed by atoms with E-state index in [0.29, 0.717) is 5.75 Å². The Hall–Kier alpha value is -2.08. The van der Waals surface area contributed by atoms with Crippen LogP contribution in [0.2, 0.25) is 0 Å². The van der Waals surface area contributed by atoms with Crippen LogP contribution in [-0.4, -0.2) is 55.3 Å². The lowest BCUT2D eigenvalue weighted by molar-refractivity contribution is -0.145. The van der Waals surface area contributed by atoms with Crippen LogP contribution in [0.15, 0.2) is 18.2 Å². The zero-order valence-corrected chi connectivity index (χ0v) is 12.6. The van der Waals surface area contributed by atoms with E-state index in [0.717, 1.165) is 11.1 Å². The first kappa shape index (κ1) is 17.0. The number of benzene rings is 1. The molecule has 1 amide bonds. The van der Waals surface area contributed by atoms with Crippen molar-refractivity contribution in [2.75, 3.05) is 33.4 Å². The minimum Gasteiger partial charge on any atom is -0.483 e. The van der Waals surface area contributed by atoms with E-state index in [1.807, 2.05) is 32.0 Å². The monoisotopic (exact) mass is 295 g/mol. The van der Waals surface area contributed by atoms with Crippen LogP contribution in [0.1, 0.15) is 11.1 Å². The molecule has 0 unspecified atom stereocenters. The lowest BCUT2D eigenvalue weighted by Gasteiger charge is -2.21. The van der Waals surface area contributed by atoms with Gasteiger partial charge in [-0.15, -0.1) is 0 Å². The molecule has 0 radical (unpaired) electrons. The maximum atomic E-state index is 12.1. The molecular formula is C15H21NO5. The van der Waals surface area contributed by atoms with Crippen molar-refractivity contribution in [3.8, 4) is 5.75 Å². The van der Waals surface area contributed by atoms with Gasteiger partial charge in [-0.25, -0.2) is 0 Å². The van der Waals surface area contributed by atoms with Crippen molar-refractivity contribution in [3.63, 3.8) is 0 Å². The second kappa shape index (κ2) is 8.26. The standard InChI is InChI=1S/C15H21NO5/c1-11-5-4-6-12(2)15(11)21-10-13(17)16(7-8-20-3)9-14(18)19/h4-6H,7-10H2,1-3H3,(H,18,19). The Morgan fingerprint density at radius 3 is 2.38 bits per heavy atom. The number of ether oxygens (including phenoxy) is 2. The highest BCUT2D eigenvalue weighted by Gasteiger charge is 2.17. The average Bonchev–Trinajstić information content (AvgIpc) is 2.42. The number of carbonyl (C=O) groups is 2. The van der Waals surface area contributed by atoms with Crippen LogP contribution in [0.3, 0.4) is 0 Å². The number of carboxylic acid groups (broad SMARTS) is 1. The number of methoxy groups -OCH3 is 1. The first-order chi connectivity index (χ1) is 9.95. The zero-order valence-electron chi connectivity index (χ0n) is 12.6. The Bertz CT molecular complexity index is 481. The van der Waals surface area contributed by atoms with E-state index < -0.39 is 5.97 Å². The van der Waals surface area contributed by atoms with Gasteiger partial charge >= 0.3 is 5.97 Å². The van der Waals surface area contributed by atoms with Gasteiger partial charge in [0.2, 0.25) is 0 Å². The predicted octanol–water partition coefficient (Wildman–Crippen LogP) is 1.24. The van der Waals surface area contributed by atoms with Crippen molar-refractivity contribution in [1.29, 1.82) is 0 Å². The molecule has 1 N–H and O–H groups in total. The second-order valence-electron chi connectivity index (χ2n) is 4.71. The van der Waals surface area contributed by atoms with E-state index >= 15 is 0 Å². The van der Waals surface area contributed by atoms with E-state index in [4.69, 9.17) is 14.6 Å². The summed E-state index contributed by atoms with van der Waals surface area (Å²) in [7, 11) is 1.50. The van der Waals surface area contributed by atoms with Gasteiger partial charge in [0.25, 0.3) is 5.91 Å². The number of hydrogen-bond donors (Lipinski definition) is 1. The number of carbonyl (C=O) groups excluding carboxylic acids is 1. The van der Waals surface area contributed by atoms with Gasteiger partial charge in [-0.3, -0.25) is 9.59 Å². The highest BCUT2D eigenvalue weighted by molar-refractivity contribution is 5.82. The maximum absolute atomic E-state index is 12.1. The quantitative estimate of drug-likeness (QED) is 0.781. The number of aliphatic carboxylic acids is 1. The number of hydrogen-bond acceptors (Lipinski definition) is 4. The van der Waals surface area contributed by atoms with E-state index in [1.54, 1.807) is 0 Å². The number of rotatable bonds is 8. The summed E-state index contributed by atoms with van der Waals surface area (Å²) in [4.78, 5) is 24.1. The number of aryl methyl sites for hydroxylation is 2. The third-order valence-corrected chi connectivity index (χ3v) is 2.99. The molecule has 0 atom stereocenters. The first-order valence-corrected chi connectivity index (χ1v) is 6.63. The molecule has 0 fully saturated rings. The summed E-state index contributed by atoms with van der Waals surface area (Å²) in [5, 5.41) is 8.83. The van der Waals surface area contributed by atoms with Gasteiger partial charge in [0.1, 0.15) is 12.3 Å². The molecule has 6 heteroatoms. The Morgan fingerprint density at radius 2 is 1.86 bits per heavy atom. The summed E-state index contributed by atoms with van der Waals surface area (Å²) in [6, 6.07) is 5.70. The van der Waals surface area contributed by atoms with Gasteiger partial charge in [-0.05, 0) is 25.0 Å². The van der Waals surface area contributed by atoms with E-state index in [2.05, 4.69) is 0 Å². The fourth-order valence-corrected chi connectivity index (χ4v) is 1.91. The van der Waals surface area contributed by atoms with Crippen molar-refractivity contribution in [1.82, 2.24) is 4.90 Å². The lowest BCUT2D eigenvalue weighted by Crippen LogP contribution is -2.40. The molecule has 0 aliphatic rings. The van der Waals surface area contributed by atoms with Gasteiger partial charge in [0.05, 0.1) is 6.61 Å². The molecule has 0 saturated heterocycles. The van der Waals surface area contributed by atoms with E-state index in [-0.39, 0.29) is 32.2 Å². The van der Waals surface area contributed by atoms with Crippen LogP contribution in [0.4, 0.5) is 0 Å². The lowest BCUT2D eigenvalue weighted by atomic mass is 10.1. The molecule has 0 aliphatic heterocycles. The summed E-state index contributed by atoms with van der Waals surface area (Å²) in [5.74, 6) is -0.781. The molecule has 0 bridgehead atoms. The molecular weight excluding hydrogens is 274 g/mol. The minimum absolute atomic E-state index is 0.192. The van der Waals surface area contributed by atoms with Crippen LogP contribution in [0, 0.1) is 13.8 Å². The second-order valence-corrected chi connectivity index (χ2v) is 4.71. The fourth-order valence-electron chi connectivity index (χ4n) is 1.91. The third kappa shape index (κ3) is 5.43. The SMILES string of the molecule is COCCN(CC(=O)O)C(=O)COc1c(C)cccc1C. The molecule has 0 spiro atoms. The van der Waals surface area contributed by atoms with Crippen LogP contribution < -0.4 is 4.74 Å². The Kier molecular flexibility index (Phi) is 6.68. The molecule has 0 saturated carbocycles. The van der Waals surface area contributed by atoms with Crippen LogP contribution in [0.5, 0.6) is 5.75 Å². The number of nitrogens with zero attached hydrogens (tertiary/aromatic N) is 1. The molecule has 1 rings (SSSR count). The molecule has 116 valence electrons. The molecule has 1 aromatic rings. The van der Waals surface area contributed by atoms with E-state index in [1.165, 1.54) is 12.0 Å². The molecule has 0 heterocycles. The predicted molar refractivity (Wildman–Crippen MR) is 77.5 cm³/mol. The summed E-state index contributed by atoms with van der Waals surface area (Å²) in [6.45, 7) is 3.74. The number of amides is 1. The summed E-state index contributed by atoms with van der Waals surface area (Å²) in [5.41, 5.74) is 1.87. The summed E-state index contributed by atoms with van der Waals surface area (Å²) in [6.07, 6.45) is 0. The maximum Gasteiger partial charge on any atom is 0.323 e. The molecule has 6 nitrogen and oxygen atoms in total. The highest BCUT2D eigenvalue weighted by atomic mass is 16.5. The van der Waals surface area contributed by atoms with Crippen molar-refractivity contribution in [2.45, 2.75) is 13.8 Å². The first-order valence-electron chi connectivity index (χ1n) is 6.63. The topological polar surface area (TPSA) is 76.1 Å². The number of para-hydroxylation sites is 1. The van der Waals surface area contributed by atoms with Crippen molar-refractivity contribution in [3.05, 3.63) is 29.3 Å². The van der Waals surface area contributed by atoms with Crippen LogP contribution in [0.25, 0.3) is 0 Å². The number of carboxylic acids is 1. The van der Waals surface area contributed by atoms with Crippen LogP contribution >= 0.6 is 0 Å². The largest absolute Gasteiger partial charge is 0.483 e. The van der Waals surface area contributed by atoms with E-state index in [9.17, 15) is 9.59 Å². The van der Waals surface area contributed by atoms with Gasteiger partial charge in [-0.2, -0.15) is 0 Å². The summed E-state index contributed by atoms with van der Waals surface area (Å²) < 4.78 is 10.4.